The zero-order chi connectivity index (χ0) is 17.1. The van der Waals surface area contributed by atoms with Crippen molar-refractivity contribution >= 4 is 40.3 Å². The molecule has 0 saturated carbocycles. The first kappa shape index (κ1) is 16.9. The van der Waals surface area contributed by atoms with Crippen LogP contribution in [0.3, 0.4) is 0 Å². The van der Waals surface area contributed by atoms with Gasteiger partial charge in [0.1, 0.15) is 0 Å². The van der Waals surface area contributed by atoms with Crippen molar-refractivity contribution < 1.29 is 4.79 Å². The fourth-order valence-corrected chi connectivity index (χ4v) is 4.37. The predicted octanol–water partition coefficient (Wildman–Crippen LogP) is 3.88. The Balaban J connectivity index is 1.58. The van der Waals surface area contributed by atoms with Crippen LogP contribution in [0.1, 0.15) is 44.8 Å². The summed E-state index contributed by atoms with van der Waals surface area (Å²) < 4.78 is 0. The van der Waals surface area contributed by atoms with Crippen molar-refractivity contribution in [3.63, 3.8) is 0 Å². The van der Waals surface area contributed by atoms with E-state index in [-0.39, 0.29) is 5.91 Å². The predicted molar refractivity (Wildman–Crippen MR) is 104 cm³/mol. The van der Waals surface area contributed by atoms with Gasteiger partial charge in [0.25, 0.3) is 5.91 Å². The molecule has 1 aromatic heterocycles. The number of benzene rings is 1. The average Bonchev–Trinajstić information content (AvgIpc) is 2.95. The van der Waals surface area contributed by atoms with Gasteiger partial charge < -0.3 is 5.32 Å². The van der Waals surface area contributed by atoms with E-state index in [1.807, 2.05) is 31.4 Å². The molecule has 2 aromatic rings. The second kappa shape index (κ2) is 7.32. The van der Waals surface area contributed by atoms with E-state index in [2.05, 4.69) is 22.2 Å². The van der Waals surface area contributed by atoms with E-state index in [4.69, 9.17) is 12.2 Å². The third kappa shape index (κ3) is 3.94. The van der Waals surface area contributed by atoms with Crippen LogP contribution in [0.15, 0.2) is 23.6 Å². The first-order chi connectivity index (χ1) is 11.5. The zero-order valence-electron chi connectivity index (χ0n) is 13.9. The van der Waals surface area contributed by atoms with Gasteiger partial charge in [-0.3, -0.25) is 15.6 Å². The maximum atomic E-state index is 12.4. The molecular weight excluding hydrogens is 338 g/mol. The van der Waals surface area contributed by atoms with Crippen molar-refractivity contribution in [2.45, 2.75) is 39.5 Å². The minimum Gasteiger partial charge on any atom is -0.331 e. The highest BCUT2D eigenvalue weighted by Gasteiger charge is 2.20. The number of nitrogens with one attached hydrogen (secondary N) is 3. The second-order valence-electron chi connectivity index (χ2n) is 6.17. The summed E-state index contributed by atoms with van der Waals surface area (Å²) in [6, 6.07) is 6.12. The summed E-state index contributed by atoms with van der Waals surface area (Å²) in [6.45, 7) is 4.08. The molecule has 1 heterocycles. The molecule has 0 saturated heterocycles. The van der Waals surface area contributed by atoms with Gasteiger partial charge in [-0.2, -0.15) is 0 Å². The van der Waals surface area contributed by atoms with Crippen molar-refractivity contribution in [2.75, 3.05) is 5.32 Å². The van der Waals surface area contributed by atoms with Gasteiger partial charge in [0.05, 0.1) is 5.56 Å². The molecule has 126 valence electrons. The molecule has 0 spiro atoms. The number of fused-ring (bicyclic) bond motifs is 1. The minimum absolute atomic E-state index is 0.126. The summed E-state index contributed by atoms with van der Waals surface area (Å²) in [4.78, 5) is 13.7. The lowest BCUT2D eigenvalue weighted by Gasteiger charge is -2.14. The zero-order valence-corrected chi connectivity index (χ0v) is 15.5. The largest absolute Gasteiger partial charge is 0.331 e. The Labute approximate surface area is 151 Å². The molecule has 4 nitrogen and oxygen atoms in total. The topological polar surface area (TPSA) is 53.2 Å². The SMILES string of the molecule is Cc1cc(C)cc(NC(=S)NNC(=O)c2csc3c2CCCC3)c1. The van der Waals surface area contributed by atoms with Crippen molar-refractivity contribution in [1.82, 2.24) is 10.9 Å². The number of hydrogen-bond acceptors (Lipinski definition) is 3. The number of hydrogen-bond donors (Lipinski definition) is 3. The molecule has 3 N–H and O–H groups in total. The molecule has 0 fully saturated rings. The van der Waals surface area contributed by atoms with Crippen molar-refractivity contribution in [3.8, 4) is 0 Å². The van der Waals surface area contributed by atoms with E-state index >= 15 is 0 Å². The van der Waals surface area contributed by atoms with Gasteiger partial charge in [-0.05, 0) is 80.6 Å². The Morgan fingerprint density at radius 3 is 2.54 bits per heavy atom. The standard InChI is InChI=1S/C18H21N3OS2/c1-11-7-12(2)9-13(8-11)19-18(23)21-20-17(22)15-10-24-16-6-4-3-5-14(15)16/h7-10H,3-6H2,1-2H3,(H,20,22)(H2,19,21,23). The molecule has 0 radical (unpaired) electrons. The fraction of sp³-hybridized carbons (Fsp3) is 0.333. The molecule has 6 heteroatoms. The summed E-state index contributed by atoms with van der Waals surface area (Å²) in [5.41, 5.74) is 10.7. The number of thiophene rings is 1. The number of aryl methyl sites for hydroxylation is 3. The number of carbonyl (C=O) groups is 1. The quantitative estimate of drug-likeness (QED) is 0.563. The van der Waals surface area contributed by atoms with Crippen LogP contribution in [0.25, 0.3) is 0 Å². The van der Waals surface area contributed by atoms with Crippen molar-refractivity contribution in [2.24, 2.45) is 0 Å². The van der Waals surface area contributed by atoms with Gasteiger partial charge in [0.2, 0.25) is 0 Å². The monoisotopic (exact) mass is 359 g/mol. The Morgan fingerprint density at radius 2 is 1.79 bits per heavy atom. The molecule has 0 aliphatic heterocycles. The van der Waals surface area contributed by atoms with Crippen LogP contribution < -0.4 is 16.2 Å². The molecule has 0 atom stereocenters. The summed E-state index contributed by atoms with van der Waals surface area (Å²) >= 11 is 6.94. The second-order valence-corrected chi connectivity index (χ2v) is 7.54. The number of thiocarbonyl (C=S) groups is 1. The Hall–Kier alpha value is -1.92. The van der Waals surface area contributed by atoms with Gasteiger partial charge in [-0.15, -0.1) is 11.3 Å². The lowest BCUT2D eigenvalue weighted by Crippen LogP contribution is -2.44. The first-order valence-corrected chi connectivity index (χ1v) is 9.36. The van der Waals surface area contributed by atoms with Crippen LogP contribution >= 0.6 is 23.6 Å². The summed E-state index contributed by atoms with van der Waals surface area (Å²) in [5.74, 6) is -0.126. The van der Waals surface area contributed by atoms with E-state index in [9.17, 15) is 4.79 Å². The average molecular weight is 360 g/mol. The van der Waals surface area contributed by atoms with Crippen molar-refractivity contribution in [3.05, 3.63) is 50.7 Å². The molecule has 3 rings (SSSR count). The van der Waals surface area contributed by atoms with Crippen molar-refractivity contribution in [1.29, 1.82) is 0 Å². The molecule has 24 heavy (non-hydrogen) atoms. The van der Waals surface area contributed by atoms with Crippen LogP contribution in [0.2, 0.25) is 0 Å². The maximum absolute atomic E-state index is 12.4. The number of hydrazine groups is 1. The Bertz CT molecular complexity index is 762. The summed E-state index contributed by atoms with van der Waals surface area (Å²) in [6.07, 6.45) is 4.46. The van der Waals surface area contributed by atoms with E-state index in [0.29, 0.717) is 5.11 Å². The maximum Gasteiger partial charge on any atom is 0.270 e. The molecule has 0 unspecified atom stereocenters. The molecule has 1 aromatic carbocycles. The van der Waals surface area contributed by atoms with Gasteiger partial charge in [-0.1, -0.05) is 6.07 Å². The van der Waals surface area contributed by atoms with E-state index in [1.54, 1.807) is 11.3 Å². The number of rotatable bonds is 2. The lowest BCUT2D eigenvalue weighted by atomic mass is 9.96. The highest BCUT2D eigenvalue weighted by molar-refractivity contribution is 7.80. The van der Waals surface area contributed by atoms with Gasteiger partial charge in [-0.25, -0.2) is 0 Å². The number of amides is 1. The van der Waals surface area contributed by atoms with Crippen LogP contribution in [-0.4, -0.2) is 11.0 Å². The van der Waals surface area contributed by atoms with Crippen LogP contribution in [0, 0.1) is 13.8 Å². The third-order valence-electron chi connectivity index (χ3n) is 4.08. The van der Waals surface area contributed by atoms with E-state index < -0.39 is 0 Å². The molecule has 1 amide bonds. The number of carbonyl (C=O) groups excluding carboxylic acids is 1. The van der Waals surface area contributed by atoms with Crippen LogP contribution in [0.5, 0.6) is 0 Å². The number of anilines is 1. The molecular formula is C18H21N3OS2. The Morgan fingerprint density at radius 1 is 1.08 bits per heavy atom. The highest BCUT2D eigenvalue weighted by atomic mass is 32.1. The normalized spacial score (nSPS) is 13.1. The highest BCUT2D eigenvalue weighted by Crippen LogP contribution is 2.29. The fourth-order valence-electron chi connectivity index (χ4n) is 3.07. The smallest absolute Gasteiger partial charge is 0.270 e. The van der Waals surface area contributed by atoms with E-state index in [1.165, 1.54) is 16.9 Å². The molecule has 0 bridgehead atoms. The minimum atomic E-state index is -0.126. The van der Waals surface area contributed by atoms with Gasteiger partial charge >= 0.3 is 0 Å². The molecule has 1 aliphatic carbocycles. The summed E-state index contributed by atoms with van der Waals surface area (Å²) in [5, 5.41) is 5.42. The lowest BCUT2D eigenvalue weighted by molar-refractivity contribution is 0.0943. The van der Waals surface area contributed by atoms with Gasteiger partial charge in [0, 0.05) is 15.9 Å². The first-order valence-electron chi connectivity index (χ1n) is 8.08. The third-order valence-corrected chi connectivity index (χ3v) is 5.37. The Kier molecular flexibility index (Phi) is 5.16. The summed E-state index contributed by atoms with van der Waals surface area (Å²) in [7, 11) is 0. The molecule has 1 aliphatic rings. The van der Waals surface area contributed by atoms with Crippen LogP contribution in [-0.2, 0) is 12.8 Å². The van der Waals surface area contributed by atoms with Crippen LogP contribution in [0.4, 0.5) is 5.69 Å². The van der Waals surface area contributed by atoms with Gasteiger partial charge in [0.15, 0.2) is 5.11 Å². The van der Waals surface area contributed by atoms with E-state index in [0.717, 1.165) is 41.6 Å².